The first-order valence-corrected chi connectivity index (χ1v) is 12.1. The molecule has 1 aromatic heterocycles. The van der Waals surface area contributed by atoms with Gasteiger partial charge in [0.1, 0.15) is 0 Å². The normalized spacial score (nSPS) is 16.4. The third-order valence-electron chi connectivity index (χ3n) is 6.11. The smallest absolute Gasteiger partial charge is 0.256 e. The van der Waals surface area contributed by atoms with Crippen LogP contribution in [0, 0.1) is 0 Å². The van der Waals surface area contributed by atoms with Crippen LogP contribution in [0.5, 0.6) is 0 Å². The maximum Gasteiger partial charge on any atom is 0.256 e. The van der Waals surface area contributed by atoms with Gasteiger partial charge in [0.15, 0.2) is 0 Å². The van der Waals surface area contributed by atoms with Crippen molar-refractivity contribution in [3.8, 4) is 11.3 Å². The second-order valence-electron chi connectivity index (χ2n) is 8.05. The quantitative estimate of drug-likeness (QED) is 0.449. The minimum absolute atomic E-state index is 0.124. The lowest BCUT2D eigenvalue weighted by atomic mass is 10.0. The molecule has 5 rings (SSSR count). The van der Waals surface area contributed by atoms with Crippen LogP contribution in [0.15, 0.2) is 52.2 Å². The molecule has 1 fully saturated rings. The van der Waals surface area contributed by atoms with Crippen LogP contribution in [0.4, 0.5) is 0 Å². The molecular formula is C23H25N3O4S. The first-order chi connectivity index (χ1) is 15.0. The minimum atomic E-state index is -3.59. The summed E-state index contributed by atoms with van der Waals surface area (Å²) in [6.07, 6.45) is 1.35. The van der Waals surface area contributed by atoms with Gasteiger partial charge < -0.3 is 9.72 Å². The van der Waals surface area contributed by atoms with E-state index in [9.17, 15) is 13.2 Å². The second kappa shape index (κ2) is 8.20. The number of H-pyrrole nitrogens is 1. The van der Waals surface area contributed by atoms with Crippen molar-refractivity contribution >= 4 is 20.8 Å². The fourth-order valence-corrected chi connectivity index (χ4v) is 5.61. The monoisotopic (exact) mass is 439 g/mol. The number of nitrogens with zero attached hydrogens (tertiary/aromatic N) is 1. The summed E-state index contributed by atoms with van der Waals surface area (Å²) in [5, 5.41) is 1.58. The molecule has 0 bridgehead atoms. The summed E-state index contributed by atoms with van der Waals surface area (Å²) in [6, 6.07) is 12.7. The summed E-state index contributed by atoms with van der Waals surface area (Å²) in [4.78, 5) is 18.0. The van der Waals surface area contributed by atoms with Gasteiger partial charge in [-0.1, -0.05) is 24.3 Å². The third kappa shape index (κ3) is 3.92. The standard InChI is InChI=1S/C23H25N3O4S/c27-23-20-5-2-1-4-19(20)21-15-16-14-17(6-7-18(16)22(21)25-23)31(28,29)24-8-3-9-26-10-12-30-13-11-26/h1-2,4-7,14,24H,3,8-13,15H2,(H,25,27). The number of rotatable bonds is 6. The topological polar surface area (TPSA) is 91.5 Å². The van der Waals surface area contributed by atoms with Crippen molar-refractivity contribution in [2.24, 2.45) is 0 Å². The molecular weight excluding hydrogens is 414 g/mol. The fraction of sp³-hybridized carbons (Fsp3) is 0.348. The molecule has 2 aromatic carbocycles. The van der Waals surface area contributed by atoms with Crippen molar-refractivity contribution in [1.29, 1.82) is 0 Å². The van der Waals surface area contributed by atoms with Crippen molar-refractivity contribution in [1.82, 2.24) is 14.6 Å². The Balaban J connectivity index is 1.33. The van der Waals surface area contributed by atoms with E-state index in [4.69, 9.17) is 4.74 Å². The number of hydrogen-bond donors (Lipinski definition) is 2. The lowest BCUT2D eigenvalue weighted by Gasteiger charge is -2.26. The molecule has 162 valence electrons. The molecule has 31 heavy (non-hydrogen) atoms. The first-order valence-electron chi connectivity index (χ1n) is 10.6. The second-order valence-corrected chi connectivity index (χ2v) is 9.82. The van der Waals surface area contributed by atoms with Crippen LogP contribution in [0.2, 0.25) is 0 Å². The van der Waals surface area contributed by atoms with Crippen molar-refractivity contribution in [3.63, 3.8) is 0 Å². The van der Waals surface area contributed by atoms with Crippen molar-refractivity contribution in [3.05, 3.63) is 63.9 Å². The third-order valence-corrected chi connectivity index (χ3v) is 7.57. The van der Waals surface area contributed by atoms with Crippen LogP contribution in [0.25, 0.3) is 22.0 Å². The van der Waals surface area contributed by atoms with E-state index in [2.05, 4.69) is 14.6 Å². The van der Waals surface area contributed by atoms with Crippen molar-refractivity contribution in [2.45, 2.75) is 17.7 Å². The Morgan fingerprint density at radius 2 is 1.84 bits per heavy atom. The molecule has 0 spiro atoms. The minimum Gasteiger partial charge on any atom is -0.379 e. The van der Waals surface area contributed by atoms with E-state index in [0.717, 1.165) is 67.0 Å². The number of hydrogen-bond acceptors (Lipinski definition) is 5. The number of fused-ring (bicyclic) bond motifs is 5. The van der Waals surface area contributed by atoms with Gasteiger partial charge in [0, 0.05) is 37.0 Å². The highest BCUT2D eigenvalue weighted by atomic mass is 32.2. The predicted octanol–water partition coefficient (Wildman–Crippen LogP) is 2.10. The Morgan fingerprint density at radius 3 is 2.65 bits per heavy atom. The zero-order valence-electron chi connectivity index (χ0n) is 17.2. The lowest BCUT2D eigenvalue weighted by molar-refractivity contribution is 0.0376. The van der Waals surface area contributed by atoms with Crippen LogP contribution < -0.4 is 10.3 Å². The zero-order chi connectivity index (χ0) is 21.4. The van der Waals surface area contributed by atoms with Gasteiger partial charge in [-0.15, -0.1) is 0 Å². The summed E-state index contributed by atoms with van der Waals surface area (Å²) in [6.45, 7) is 4.53. The largest absolute Gasteiger partial charge is 0.379 e. The van der Waals surface area contributed by atoms with Crippen LogP contribution in [0.1, 0.15) is 17.5 Å². The predicted molar refractivity (Wildman–Crippen MR) is 120 cm³/mol. The summed E-state index contributed by atoms with van der Waals surface area (Å²) in [5.41, 5.74) is 3.52. The first kappa shape index (κ1) is 20.4. The molecule has 2 N–H and O–H groups in total. The highest BCUT2D eigenvalue weighted by Crippen LogP contribution is 2.38. The van der Waals surface area contributed by atoms with Crippen LogP contribution in [0.3, 0.4) is 0 Å². The molecule has 1 saturated heterocycles. The van der Waals surface area contributed by atoms with E-state index in [1.54, 1.807) is 18.2 Å². The molecule has 3 aromatic rings. The van der Waals surface area contributed by atoms with Gasteiger partial charge in [-0.05, 0) is 47.7 Å². The van der Waals surface area contributed by atoms with E-state index in [-0.39, 0.29) is 10.5 Å². The number of ether oxygens (including phenoxy) is 1. The molecule has 7 nitrogen and oxygen atoms in total. The van der Waals surface area contributed by atoms with E-state index < -0.39 is 10.0 Å². The van der Waals surface area contributed by atoms with E-state index >= 15 is 0 Å². The average molecular weight is 440 g/mol. The Morgan fingerprint density at radius 1 is 1.06 bits per heavy atom. The number of benzene rings is 2. The van der Waals surface area contributed by atoms with Gasteiger partial charge in [0.25, 0.3) is 5.56 Å². The fourth-order valence-electron chi connectivity index (χ4n) is 4.48. The van der Waals surface area contributed by atoms with Gasteiger partial charge >= 0.3 is 0 Å². The molecule has 0 amide bonds. The average Bonchev–Trinajstić information content (AvgIpc) is 3.16. The molecule has 8 heteroatoms. The molecule has 0 atom stereocenters. The Kier molecular flexibility index (Phi) is 5.39. The Hall–Kier alpha value is -2.52. The lowest BCUT2D eigenvalue weighted by Crippen LogP contribution is -2.38. The zero-order valence-corrected chi connectivity index (χ0v) is 18.0. The maximum atomic E-state index is 12.8. The molecule has 0 saturated carbocycles. The summed E-state index contributed by atoms with van der Waals surface area (Å²) >= 11 is 0. The highest BCUT2D eigenvalue weighted by Gasteiger charge is 2.25. The van der Waals surface area contributed by atoms with Gasteiger partial charge in [0.2, 0.25) is 10.0 Å². The number of nitrogens with one attached hydrogen (secondary N) is 2. The van der Waals surface area contributed by atoms with Gasteiger partial charge in [-0.2, -0.15) is 0 Å². The number of aromatic amines is 1. The number of morpholine rings is 1. The Bertz CT molecular complexity index is 1290. The van der Waals surface area contributed by atoms with Crippen molar-refractivity contribution in [2.75, 3.05) is 39.4 Å². The van der Waals surface area contributed by atoms with Gasteiger partial charge in [0.05, 0.1) is 23.8 Å². The van der Waals surface area contributed by atoms with Gasteiger partial charge in [-0.3, -0.25) is 9.69 Å². The molecule has 2 heterocycles. The molecule has 0 unspecified atom stereocenters. The molecule has 0 radical (unpaired) electrons. The number of aromatic nitrogens is 1. The van der Waals surface area contributed by atoms with Crippen LogP contribution in [-0.4, -0.2) is 57.7 Å². The SMILES string of the molecule is O=c1[nH]c2c(c3ccccc13)Cc1cc(S(=O)(=O)NCCCN3CCOCC3)ccc1-2. The van der Waals surface area contributed by atoms with E-state index in [1.807, 2.05) is 24.3 Å². The summed E-state index contributed by atoms with van der Waals surface area (Å²) in [5.74, 6) is 0. The van der Waals surface area contributed by atoms with Crippen LogP contribution in [-0.2, 0) is 21.2 Å². The Labute approximate surface area is 181 Å². The maximum absolute atomic E-state index is 12.8. The van der Waals surface area contributed by atoms with Crippen molar-refractivity contribution < 1.29 is 13.2 Å². The summed E-state index contributed by atoms with van der Waals surface area (Å²) < 4.78 is 33.7. The number of pyridine rings is 1. The molecule has 1 aliphatic carbocycles. The molecule has 1 aliphatic heterocycles. The summed E-state index contributed by atoms with van der Waals surface area (Å²) in [7, 11) is -3.59. The number of sulfonamides is 1. The van der Waals surface area contributed by atoms with E-state index in [1.165, 1.54) is 0 Å². The van der Waals surface area contributed by atoms with E-state index in [0.29, 0.717) is 18.4 Å². The van der Waals surface area contributed by atoms with Gasteiger partial charge in [-0.25, -0.2) is 13.1 Å². The highest BCUT2D eigenvalue weighted by molar-refractivity contribution is 7.89. The van der Waals surface area contributed by atoms with Crippen LogP contribution >= 0.6 is 0 Å². The molecule has 2 aliphatic rings.